The summed E-state index contributed by atoms with van der Waals surface area (Å²) in [7, 11) is 0. The summed E-state index contributed by atoms with van der Waals surface area (Å²) in [6.45, 7) is 2.17. The molecule has 0 spiro atoms. The lowest BCUT2D eigenvalue weighted by Crippen LogP contribution is -2.22. The lowest BCUT2D eigenvalue weighted by Gasteiger charge is -2.07. The molecule has 0 unspecified atom stereocenters. The third-order valence-electron chi connectivity index (χ3n) is 4.61. The predicted molar refractivity (Wildman–Crippen MR) is 106 cm³/mol. The third-order valence-corrected chi connectivity index (χ3v) is 4.86. The van der Waals surface area contributed by atoms with Crippen molar-refractivity contribution < 1.29 is 5.11 Å². The zero-order valence-corrected chi connectivity index (χ0v) is 15.5. The van der Waals surface area contributed by atoms with Crippen molar-refractivity contribution in [2.75, 3.05) is 0 Å². The normalized spacial score (nSPS) is 11.2. The van der Waals surface area contributed by atoms with E-state index < -0.39 is 0 Å². The van der Waals surface area contributed by atoms with E-state index in [1.165, 1.54) is 0 Å². The monoisotopic (exact) mass is 379 g/mol. The minimum atomic E-state index is -0.257. The first-order valence-electron chi connectivity index (χ1n) is 8.60. The minimum Gasteiger partial charge on any atom is -0.392 e. The molecule has 5 nitrogen and oxygen atoms in total. The van der Waals surface area contributed by atoms with Gasteiger partial charge in [0.25, 0.3) is 5.56 Å². The van der Waals surface area contributed by atoms with Crippen LogP contribution in [0.1, 0.15) is 16.7 Å². The molecule has 2 aromatic carbocycles. The molecule has 2 aromatic heterocycles. The lowest BCUT2D eigenvalue weighted by atomic mass is 10.1. The van der Waals surface area contributed by atoms with Crippen LogP contribution in [0.15, 0.2) is 65.7 Å². The number of benzene rings is 2. The number of halogens is 1. The average molecular weight is 380 g/mol. The Morgan fingerprint density at radius 1 is 1.04 bits per heavy atom. The van der Waals surface area contributed by atoms with Gasteiger partial charge in [-0.3, -0.25) is 4.79 Å². The van der Waals surface area contributed by atoms with Crippen LogP contribution in [0.5, 0.6) is 0 Å². The van der Waals surface area contributed by atoms with Gasteiger partial charge >= 0.3 is 0 Å². The second kappa shape index (κ2) is 7.02. The van der Waals surface area contributed by atoms with Crippen molar-refractivity contribution in [1.82, 2.24) is 14.2 Å². The maximum atomic E-state index is 13.0. The largest absolute Gasteiger partial charge is 0.392 e. The second-order valence-electron chi connectivity index (χ2n) is 6.50. The van der Waals surface area contributed by atoms with Crippen LogP contribution in [0.3, 0.4) is 0 Å². The van der Waals surface area contributed by atoms with Crippen LogP contribution < -0.4 is 5.56 Å². The van der Waals surface area contributed by atoms with Crippen molar-refractivity contribution >= 4 is 17.1 Å². The molecule has 0 aliphatic rings. The molecule has 6 heteroatoms. The molecule has 136 valence electrons. The molecule has 4 aromatic rings. The SMILES string of the molecule is Cc1ccc(-c2nn3ccn(Cc4ccc(Cl)cc4)c(=O)c3c2CO)cc1. The van der Waals surface area contributed by atoms with E-state index in [1.54, 1.807) is 33.6 Å². The van der Waals surface area contributed by atoms with Crippen molar-refractivity contribution in [2.45, 2.75) is 20.1 Å². The van der Waals surface area contributed by atoms with E-state index in [1.807, 2.05) is 43.3 Å². The van der Waals surface area contributed by atoms with Gasteiger partial charge in [0.05, 0.1) is 18.8 Å². The Hall–Kier alpha value is -2.89. The number of aromatic nitrogens is 3. The highest BCUT2D eigenvalue weighted by atomic mass is 35.5. The van der Waals surface area contributed by atoms with E-state index in [0.29, 0.717) is 28.3 Å². The van der Waals surface area contributed by atoms with Crippen LogP contribution in [0, 0.1) is 6.92 Å². The van der Waals surface area contributed by atoms with Crippen molar-refractivity contribution in [1.29, 1.82) is 0 Å². The number of aryl methyl sites for hydroxylation is 1. The molecule has 0 saturated heterocycles. The van der Waals surface area contributed by atoms with E-state index in [4.69, 9.17) is 11.6 Å². The van der Waals surface area contributed by atoms with Gasteiger partial charge in [-0.25, -0.2) is 4.52 Å². The summed E-state index contributed by atoms with van der Waals surface area (Å²) in [5.74, 6) is 0. The first-order valence-corrected chi connectivity index (χ1v) is 8.97. The zero-order chi connectivity index (χ0) is 19.0. The minimum absolute atomic E-state index is 0.192. The average Bonchev–Trinajstić information content (AvgIpc) is 3.06. The smallest absolute Gasteiger partial charge is 0.277 e. The Morgan fingerprint density at radius 3 is 2.41 bits per heavy atom. The fraction of sp³-hybridized carbons (Fsp3) is 0.143. The summed E-state index contributed by atoms with van der Waals surface area (Å²) in [4.78, 5) is 13.0. The Kier molecular flexibility index (Phi) is 4.56. The van der Waals surface area contributed by atoms with Crippen LogP contribution in [0.25, 0.3) is 16.8 Å². The summed E-state index contributed by atoms with van der Waals surface area (Å²) in [5, 5.41) is 15.1. The highest BCUT2D eigenvalue weighted by Crippen LogP contribution is 2.25. The van der Waals surface area contributed by atoms with Gasteiger partial charge in [0.1, 0.15) is 5.52 Å². The fourth-order valence-electron chi connectivity index (χ4n) is 3.15. The number of aliphatic hydroxyl groups excluding tert-OH is 1. The van der Waals surface area contributed by atoms with E-state index in [9.17, 15) is 9.90 Å². The fourth-order valence-corrected chi connectivity index (χ4v) is 3.28. The molecule has 27 heavy (non-hydrogen) atoms. The van der Waals surface area contributed by atoms with E-state index in [-0.39, 0.29) is 12.2 Å². The van der Waals surface area contributed by atoms with Crippen LogP contribution in [0.4, 0.5) is 0 Å². The molecule has 2 heterocycles. The van der Waals surface area contributed by atoms with Gasteiger partial charge in [-0.05, 0) is 24.6 Å². The molecule has 0 fully saturated rings. The highest BCUT2D eigenvalue weighted by Gasteiger charge is 2.17. The van der Waals surface area contributed by atoms with Crippen LogP contribution in [-0.4, -0.2) is 19.3 Å². The Labute approximate surface area is 161 Å². The van der Waals surface area contributed by atoms with Crippen molar-refractivity contribution in [2.24, 2.45) is 0 Å². The third kappa shape index (κ3) is 3.27. The van der Waals surface area contributed by atoms with E-state index in [0.717, 1.165) is 16.7 Å². The highest BCUT2D eigenvalue weighted by molar-refractivity contribution is 6.30. The van der Waals surface area contributed by atoms with Gasteiger partial charge in [0, 0.05) is 28.5 Å². The standard InChI is InChI=1S/C21H18ClN3O2/c1-14-2-6-16(7-3-14)19-18(13-26)20-21(27)24(10-11-25(20)23-19)12-15-4-8-17(22)9-5-15/h2-11,26H,12-13H2,1H3. The number of hydrogen-bond donors (Lipinski definition) is 1. The van der Waals surface area contributed by atoms with Crippen molar-refractivity contribution in [3.63, 3.8) is 0 Å². The first kappa shape index (κ1) is 17.5. The maximum absolute atomic E-state index is 13.0. The Bertz CT molecular complexity index is 1160. The molecule has 1 N–H and O–H groups in total. The van der Waals surface area contributed by atoms with E-state index in [2.05, 4.69) is 5.10 Å². The molecule has 0 bridgehead atoms. The van der Waals surface area contributed by atoms with E-state index >= 15 is 0 Å². The lowest BCUT2D eigenvalue weighted by molar-refractivity contribution is 0.283. The molecular weight excluding hydrogens is 362 g/mol. The van der Waals surface area contributed by atoms with Crippen molar-refractivity contribution in [3.05, 3.63) is 93.0 Å². The molecule has 0 aliphatic carbocycles. The molecule has 0 amide bonds. The summed E-state index contributed by atoms with van der Waals surface area (Å²) < 4.78 is 3.15. The second-order valence-corrected chi connectivity index (χ2v) is 6.94. The first-order chi connectivity index (χ1) is 13.1. The Balaban J connectivity index is 1.83. The van der Waals surface area contributed by atoms with Gasteiger partial charge in [-0.15, -0.1) is 0 Å². The van der Waals surface area contributed by atoms with Crippen LogP contribution >= 0.6 is 11.6 Å². The van der Waals surface area contributed by atoms with Gasteiger partial charge in [0.2, 0.25) is 0 Å². The topological polar surface area (TPSA) is 59.5 Å². The molecule has 0 radical (unpaired) electrons. The number of hydrogen-bond acceptors (Lipinski definition) is 3. The van der Waals surface area contributed by atoms with Gasteiger partial charge in [-0.2, -0.15) is 5.10 Å². The van der Waals surface area contributed by atoms with Crippen molar-refractivity contribution in [3.8, 4) is 11.3 Å². The molecule has 0 atom stereocenters. The Morgan fingerprint density at radius 2 is 1.74 bits per heavy atom. The van der Waals surface area contributed by atoms with Gasteiger partial charge < -0.3 is 9.67 Å². The van der Waals surface area contributed by atoms with Crippen LogP contribution in [0.2, 0.25) is 5.02 Å². The summed E-state index contributed by atoms with van der Waals surface area (Å²) in [6.07, 6.45) is 3.44. The quantitative estimate of drug-likeness (QED) is 0.588. The predicted octanol–water partition coefficient (Wildman–Crippen LogP) is 3.67. The number of fused-ring (bicyclic) bond motifs is 1. The molecular formula is C21H18ClN3O2. The molecule has 0 aliphatic heterocycles. The number of nitrogens with zero attached hydrogens (tertiary/aromatic N) is 3. The number of rotatable bonds is 4. The molecule has 4 rings (SSSR count). The summed E-state index contributed by atoms with van der Waals surface area (Å²) >= 11 is 5.93. The maximum Gasteiger partial charge on any atom is 0.277 e. The number of aliphatic hydroxyl groups is 1. The van der Waals surface area contributed by atoms with Gasteiger partial charge in [-0.1, -0.05) is 53.6 Å². The molecule has 0 saturated carbocycles. The van der Waals surface area contributed by atoms with Crippen LogP contribution in [-0.2, 0) is 13.2 Å². The zero-order valence-electron chi connectivity index (χ0n) is 14.8. The van der Waals surface area contributed by atoms with Gasteiger partial charge in [0.15, 0.2) is 0 Å². The summed E-state index contributed by atoms with van der Waals surface area (Å²) in [6, 6.07) is 15.2. The summed E-state index contributed by atoms with van der Waals surface area (Å²) in [5.41, 5.74) is 4.34.